The second kappa shape index (κ2) is 5.56. The van der Waals surface area contributed by atoms with Crippen molar-refractivity contribution < 1.29 is 9.47 Å². The lowest BCUT2D eigenvalue weighted by Gasteiger charge is -2.13. The van der Waals surface area contributed by atoms with Crippen LogP contribution in [0.1, 0.15) is 18.5 Å². The molecule has 2 N–H and O–H groups in total. The Kier molecular flexibility index (Phi) is 3.85. The van der Waals surface area contributed by atoms with Crippen molar-refractivity contribution in [2.24, 2.45) is 5.73 Å². The summed E-state index contributed by atoms with van der Waals surface area (Å²) in [5.74, 6) is 2.29. The van der Waals surface area contributed by atoms with Crippen molar-refractivity contribution in [2.45, 2.75) is 13.0 Å². The molecule has 94 valence electrons. The van der Waals surface area contributed by atoms with E-state index in [2.05, 4.69) is 0 Å². The molecule has 3 nitrogen and oxygen atoms in total. The van der Waals surface area contributed by atoms with Crippen molar-refractivity contribution in [1.29, 1.82) is 0 Å². The lowest BCUT2D eigenvalue weighted by Crippen LogP contribution is -2.06. The van der Waals surface area contributed by atoms with E-state index in [0.717, 1.165) is 22.8 Å². The van der Waals surface area contributed by atoms with Crippen LogP contribution < -0.4 is 15.2 Å². The molecule has 0 aliphatic rings. The van der Waals surface area contributed by atoms with E-state index < -0.39 is 0 Å². The minimum absolute atomic E-state index is 0.0631. The summed E-state index contributed by atoms with van der Waals surface area (Å²) in [5.41, 5.74) is 6.91. The van der Waals surface area contributed by atoms with E-state index in [1.165, 1.54) is 0 Å². The Bertz CT molecular complexity index is 523. The van der Waals surface area contributed by atoms with Gasteiger partial charge in [-0.25, -0.2) is 0 Å². The minimum atomic E-state index is -0.0631. The van der Waals surface area contributed by atoms with E-state index in [1.54, 1.807) is 7.11 Å². The number of methoxy groups -OCH3 is 1. The summed E-state index contributed by atoms with van der Waals surface area (Å²) in [5, 5.41) is 0. The van der Waals surface area contributed by atoms with Crippen LogP contribution in [-0.2, 0) is 0 Å². The number of para-hydroxylation sites is 1. The molecule has 0 heterocycles. The molecule has 0 amide bonds. The largest absolute Gasteiger partial charge is 0.497 e. The highest BCUT2D eigenvalue weighted by molar-refractivity contribution is 5.41. The van der Waals surface area contributed by atoms with Crippen LogP contribution in [0.5, 0.6) is 17.2 Å². The average Bonchev–Trinajstić information content (AvgIpc) is 2.39. The Balaban J connectivity index is 2.28. The average molecular weight is 243 g/mol. The van der Waals surface area contributed by atoms with E-state index in [9.17, 15) is 0 Å². The first-order chi connectivity index (χ1) is 8.70. The Labute approximate surface area is 107 Å². The van der Waals surface area contributed by atoms with Crippen LogP contribution in [0.25, 0.3) is 0 Å². The quantitative estimate of drug-likeness (QED) is 0.893. The molecule has 0 bridgehead atoms. The van der Waals surface area contributed by atoms with Gasteiger partial charge in [-0.1, -0.05) is 24.3 Å². The van der Waals surface area contributed by atoms with Gasteiger partial charge in [-0.3, -0.25) is 0 Å². The second-order valence-corrected chi connectivity index (χ2v) is 4.11. The summed E-state index contributed by atoms with van der Waals surface area (Å²) >= 11 is 0. The summed E-state index contributed by atoms with van der Waals surface area (Å²) in [4.78, 5) is 0. The first kappa shape index (κ1) is 12.5. The van der Waals surface area contributed by atoms with E-state index in [0.29, 0.717) is 0 Å². The molecule has 0 radical (unpaired) electrons. The molecule has 0 fully saturated rings. The van der Waals surface area contributed by atoms with E-state index in [-0.39, 0.29) is 6.04 Å². The molecule has 18 heavy (non-hydrogen) atoms. The second-order valence-electron chi connectivity index (χ2n) is 4.11. The zero-order chi connectivity index (χ0) is 13.0. The summed E-state index contributed by atoms with van der Waals surface area (Å²) in [6.45, 7) is 1.94. The molecule has 2 aromatic carbocycles. The SMILES string of the molecule is COc1cccc(Oc2ccccc2[C@H](C)N)c1. The summed E-state index contributed by atoms with van der Waals surface area (Å²) < 4.78 is 11.0. The topological polar surface area (TPSA) is 44.5 Å². The predicted octanol–water partition coefficient (Wildman–Crippen LogP) is 3.51. The smallest absolute Gasteiger partial charge is 0.132 e. The molecule has 2 rings (SSSR count). The monoisotopic (exact) mass is 243 g/mol. The first-order valence-corrected chi connectivity index (χ1v) is 5.87. The number of hydrogen-bond acceptors (Lipinski definition) is 3. The highest BCUT2D eigenvalue weighted by atomic mass is 16.5. The highest BCUT2D eigenvalue weighted by Crippen LogP contribution is 2.30. The third-order valence-electron chi connectivity index (χ3n) is 2.68. The molecule has 0 aromatic heterocycles. The summed E-state index contributed by atoms with van der Waals surface area (Å²) in [7, 11) is 1.63. The van der Waals surface area contributed by atoms with Gasteiger partial charge < -0.3 is 15.2 Å². The van der Waals surface area contributed by atoms with Crippen molar-refractivity contribution in [1.82, 2.24) is 0 Å². The molecule has 0 saturated heterocycles. The Morgan fingerprint density at radius 2 is 1.72 bits per heavy atom. The maximum Gasteiger partial charge on any atom is 0.132 e. The fourth-order valence-electron chi connectivity index (χ4n) is 1.74. The normalized spacial score (nSPS) is 11.9. The van der Waals surface area contributed by atoms with Gasteiger partial charge in [-0.2, -0.15) is 0 Å². The van der Waals surface area contributed by atoms with Crippen molar-refractivity contribution in [3.05, 3.63) is 54.1 Å². The van der Waals surface area contributed by atoms with E-state index >= 15 is 0 Å². The molecule has 0 unspecified atom stereocenters. The van der Waals surface area contributed by atoms with Crippen LogP contribution in [0.3, 0.4) is 0 Å². The lowest BCUT2D eigenvalue weighted by atomic mass is 10.1. The van der Waals surface area contributed by atoms with Crippen LogP contribution in [0, 0.1) is 0 Å². The highest BCUT2D eigenvalue weighted by Gasteiger charge is 2.08. The van der Waals surface area contributed by atoms with Gasteiger partial charge >= 0.3 is 0 Å². The Morgan fingerprint density at radius 1 is 1.00 bits per heavy atom. The van der Waals surface area contributed by atoms with Crippen LogP contribution >= 0.6 is 0 Å². The summed E-state index contributed by atoms with van der Waals surface area (Å²) in [6.07, 6.45) is 0. The van der Waals surface area contributed by atoms with Gasteiger partial charge in [0.1, 0.15) is 17.2 Å². The number of ether oxygens (including phenoxy) is 2. The zero-order valence-electron chi connectivity index (χ0n) is 10.6. The molecule has 0 saturated carbocycles. The third kappa shape index (κ3) is 2.81. The fraction of sp³-hybridized carbons (Fsp3) is 0.200. The van der Waals surface area contributed by atoms with Gasteiger partial charge in [0, 0.05) is 17.7 Å². The van der Waals surface area contributed by atoms with Gasteiger partial charge in [0.05, 0.1) is 7.11 Å². The molecule has 3 heteroatoms. The maximum absolute atomic E-state index is 5.92. The van der Waals surface area contributed by atoms with Crippen LogP contribution in [0.15, 0.2) is 48.5 Å². The molecule has 0 aliphatic carbocycles. The molecular formula is C15H17NO2. The van der Waals surface area contributed by atoms with Gasteiger partial charge in [-0.15, -0.1) is 0 Å². The lowest BCUT2D eigenvalue weighted by molar-refractivity contribution is 0.408. The first-order valence-electron chi connectivity index (χ1n) is 5.87. The zero-order valence-corrected chi connectivity index (χ0v) is 10.6. The van der Waals surface area contributed by atoms with E-state index in [4.69, 9.17) is 15.2 Å². The number of rotatable bonds is 4. The molecule has 0 aliphatic heterocycles. The van der Waals surface area contributed by atoms with Gasteiger partial charge in [0.25, 0.3) is 0 Å². The maximum atomic E-state index is 5.92. The van der Waals surface area contributed by atoms with Crippen LogP contribution in [-0.4, -0.2) is 7.11 Å². The predicted molar refractivity (Wildman–Crippen MR) is 72.1 cm³/mol. The van der Waals surface area contributed by atoms with Crippen molar-refractivity contribution >= 4 is 0 Å². The molecule has 0 spiro atoms. The van der Waals surface area contributed by atoms with E-state index in [1.807, 2.05) is 55.5 Å². The summed E-state index contributed by atoms with van der Waals surface area (Å²) in [6, 6.07) is 15.2. The van der Waals surface area contributed by atoms with Crippen molar-refractivity contribution in [3.63, 3.8) is 0 Å². The van der Waals surface area contributed by atoms with Crippen LogP contribution in [0.2, 0.25) is 0 Å². The Hall–Kier alpha value is -2.00. The molecular weight excluding hydrogens is 226 g/mol. The third-order valence-corrected chi connectivity index (χ3v) is 2.68. The Morgan fingerprint density at radius 3 is 2.44 bits per heavy atom. The molecule has 1 atom stereocenters. The fourth-order valence-corrected chi connectivity index (χ4v) is 1.74. The standard InChI is InChI=1S/C15H17NO2/c1-11(16)14-8-3-4-9-15(14)18-13-7-5-6-12(10-13)17-2/h3-11H,16H2,1-2H3/t11-/m0/s1. The van der Waals surface area contributed by atoms with Gasteiger partial charge in [0.2, 0.25) is 0 Å². The van der Waals surface area contributed by atoms with Crippen LogP contribution in [0.4, 0.5) is 0 Å². The van der Waals surface area contributed by atoms with Gasteiger partial charge in [-0.05, 0) is 25.1 Å². The van der Waals surface area contributed by atoms with Crippen molar-refractivity contribution in [3.8, 4) is 17.2 Å². The number of nitrogens with two attached hydrogens (primary N) is 1. The van der Waals surface area contributed by atoms with Gasteiger partial charge in [0.15, 0.2) is 0 Å². The van der Waals surface area contributed by atoms with Crippen molar-refractivity contribution in [2.75, 3.05) is 7.11 Å². The minimum Gasteiger partial charge on any atom is -0.497 e. The number of hydrogen-bond donors (Lipinski definition) is 1. The molecule has 2 aromatic rings. The number of benzene rings is 2.